The van der Waals surface area contributed by atoms with E-state index >= 15 is 0 Å². The van der Waals surface area contributed by atoms with Crippen LogP contribution in [0.2, 0.25) is 0 Å². The van der Waals surface area contributed by atoms with E-state index in [0.717, 1.165) is 0 Å². The second-order valence-electron chi connectivity index (χ2n) is 9.64. The largest absolute Gasteiger partial charge is 0.0619 e. The molecule has 3 aliphatic carbocycles. The number of rotatable bonds is 0. The maximum atomic E-state index is 2.57. The normalized spacial score (nSPS) is 36.9. The molecule has 0 aliphatic heterocycles. The van der Waals surface area contributed by atoms with Gasteiger partial charge >= 0.3 is 0 Å². The molecule has 0 spiro atoms. The molecule has 0 radical (unpaired) electrons. The zero-order chi connectivity index (χ0) is 18.8. The first-order valence-corrected chi connectivity index (χ1v) is 10.1. The van der Waals surface area contributed by atoms with Crippen molar-refractivity contribution in [2.75, 3.05) is 0 Å². The quantitative estimate of drug-likeness (QED) is 0.449. The van der Waals surface area contributed by atoms with Crippen molar-refractivity contribution in [3.63, 3.8) is 0 Å². The van der Waals surface area contributed by atoms with Crippen molar-refractivity contribution in [2.45, 2.75) is 50.9 Å². The molecule has 4 unspecified atom stereocenters. The zero-order valence-electron chi connectivity index (χ0n) is 16.9. The molecule has 0 N–H and O–H groups in total. The predicted molar refractivity (Wildman–Crippen MR) is 112 cm³/mol. The smallest absolute Gasteiger partial charge is 0.0257 e. The van der Waals surface area contributed by atoms with Crippen LogP contribution in [0.4, 0.5) is 0 Å². The van der Waals surface area contributed by atoms with Crippen LogP contribution in [-0.2, 0) is 16.2 Å². The SMILES string of the molecule is Cc1ccc2c(c1)C1(C)c3ccccc3C3(C)c4ccccc4C2(C)C31C. The number of aryl methyl sites for hydroxylation is 1. The molecule has 0 heterocycles. The van der Waals surface area contributed by atoms with Gasteiger partial charge in [0.25, 0.3) is 0 Å². The molecule has 0 aromatic heterocycles. The Bertz CT molecular complexity index is 1150. The molecule has 0 saturated carbocycles. The van der Waals surface area contributed by atoms with Gasteiger partial charge in [-0.1, -0.05) is 100.0 Å². The Morgan fingerprint density at radius 1 is 0.481 bits per heavy atom. The van der Waals surface area contributed by atoms with Gasteiger partial charge in [0.2, 0.25) is 0 Å². The Labute approximate surface area is 162 Å². The fourth-order valence-corrected chi connectivity index (χ4v) is 7.77. The van der Waals surface area contributed by atoms with E-state index in [2.05, 4.69) is 101 Å². The number of hydrogen-bond acceptors (Lipinski definition) is 0. The standard InChI is InChI=1S/C27H26/c1-17-14-15-22-23(16-17)26(4)21-13-9-8-12-20(21)24(2)18-10-6-7-11-19(18)25(22,3)27(24,26)5/h6-16H,1-5H3. The van der Waals surface area contributed by atoms with Gasteiger partial charge in [-0.3, -0.25) is 0 Å². The summed E-state index contributed by atoms with van der Waals surface area (Å²) in [4.78, 5) is 0. The molecule has 6 rings (SSSR count). The van der Waals surface area contributed by atoms with Crippen molar-refractivity contribution in [3.8, 4) is 0 Å². The summed E-state index contributed by atoms with van der Waals surface area (Å²) in [5.74, 6) is 0. The summed E-state index contributed by atoms with van der Waals surface area (Å²) in [7, 11) is 0. The summed E-state index contributed by atoms with van der Waals surface area (Å²) in [6, 6.07) is 25.7. The van der Waals surface area contributed by atoms with E-state index in [1.54, 1.807) is 0 Å². The Kier molecular flexibility index (Phi) is 2.45. The summed E-state index contributed by atoms with van der Waals surface area (Å²) in [6.45, 7) is 12.4. The summed E-state index contributed by atoms with van der Waals surface area (Å²) >= 11 is 0. The molecule has 134 valence electrons. The average Bonchev–Trinajstić information content (AvgIpc) is 3.04. The number of fused-ring (bicyclic) bond motifs is 9. The van der Waals surface area contributed by atoms with Gasteiger partial charge in [-0.25, -0.2) is 0 Å². The lowest BCUT2D eigenvalue weighted by molar-refractivity contribution is 0.0997. The Balaban J connectivity index is 1.92. The molecule has 0 bridgehead atoms. The van der Waals surface area contributed by atoms with E-state index in [9.17, 15) is 0 Å². The lowest BCUT2D eigenvalue weighted by Crippen LogP contribution is -2.51. The Morgan fingerprint density at radius 3 is 1.30 bits per heavy atom. The fraction of sp³-hybridized carbons (Fsp3) is 0.333. The minimum Gasteiger partial charge on any atom is -0.0619 e. The van der Waals surface area contributed by atoms with Crippen LogP contribution in [0.5, 0.6) is 0 Å². The monoisotopic (exact) mass is 350 g/mol. The first-order chi connectivity index (χ1) is 12.8. The van der Waals surface area contributed by atoms with Gasteiger partial charge in [-0.15, -0.1) is 0 Å². The van der Waals surface area contributed by atoms with Gasteiger partial charge in [0.05, 0.1) is 0 Å². The highest BCUT2D eigenvalue weighted by atomic mass is 14.8. The molecule has 0 saturated heterocycles. The van der Waals surface area contributed by atoms with Gasteiger partial charge in [0, 0.05) is 21.7 Å². The zero-order valence-corrected chi connectivity index (χ0v) is 16.9. The highest BCUT2D eigenvalue weighted by Crippen LogP contribution is 2.82. The highest BCUT2D eigenvalue weighted by Gasteiger charge is 2.79. The van der Waals surface area contributed by atoms with Crippen molar-refractivity contribution >= 4 is 0 Å². The molecule has 3 aromatic carbocycles. The summed E-state index contributed by atoms with van der Waals surface area (Å²) in [6.07, 6.45) is 0. The second-order valence-corrected chi connectivity index (χ2v) is 9.64. The lowest BCUT2D eigenvalue weighted by atomic mass is 9.52. The van der Waals surface area contributed by atoms with E-state index < -0.39 is 0 Å². The molecule has 0 amide bonds. The van der Waals surface area contributed by atoms with Gasteiger partial charge in [-0.05, 0) is 40.3 Å². The highest BCUT2D eigenvalue weighted by molar-refractivity contribution is 5.76. The molecule has 0 fully saturated rings. The Morgan fingerprint density at radius 2 is 0.852 bits per heavy atom. The van der Waals surface area contributed by atoms with Crippen LogP contribution in [-0.4, -0.2) is 0 Å². The van der Waals surface area contributed by atoms with Crippen LogP contribution in [0.25, 0.3) is 0 Å². The van der Waals surface area contributed by atoms with Gasteiger partial charge in [-0.2, -0.15) is 0 Å². The maximum absolute atomic E-state index is 2.57. The van der Waals surface area contributed by atoms with E-state index in [1.807, 2.05) is 0 Å². The van der Waals surface area contributed by atoms with Crippen LogP contribution in [0.1, 0.15) is 66.6 Å². The first-order valence-electron chi connectivity index (χ1n) is 10.1. The van der Waals surface area contributed by atoms with Crippen molar-refractivity contribution in [2.24, 2.45) is 5.41 Å². The van der Waals surface area contributed by atoms with E-state index in [1.165, 1.54) is 38.9 Å². The van der Waals surface area contributed by atoms with Crippen LogP contribution >= 0.6 is 0 Å². The minimum absolute atomic E-state index is 0.00741. The summed E-state index contributed by atoms with van der Waals surface area (Å²) in [5.41, 5.74) is 10.6. The average molecular weight is 351 g/mol. The van der Waals surface area contributed by atoms with Crippen molar-refractivity contribution < 1.29 is 0 Å². The van der Waals surface area contributed by atoms with Crippen molar-refractivity contribution in [1.82, 2.24) is 0 Å². The second kappa shape index (κ2) is 4.22. The maximum Gasteiger partial charge on any atom is 0.0257 e. The number of benzene rings is 3. The van der Waals surface area contributed by atoms with Crippen LogP contribution < -0.4 is 0 Å². The Hall–Kier alpha value is -2.34. The van der Waals surface area contributed by atoms with Gasteiger partial charge in [0.1, 0.15) is 0 Å². The van der Waals surface area contributed by atoms with E-state index in [0.29, 0.717) is 0 Å². The van der Waals surface area contributed by atoms with Crippen LogP contribution in [0.15, 0.2) is 66.7 Å². The van der Waals surface area contributed by atoms with Gasteiger partial charge < -0.3 is 0 Å². The molecule has 0 nitrogen and oxygen atoms in total. The summed E-state index contributed by atoms with van der Waals surface area (Å²) in [5, 5.41) is 0. The van der Waals surface area contributed by atoms with Gasteiger partial charge in [0.15, 0.2) is 0 Å². The van der Waals surface area contributed by atoms with Crippen LogP contribution in [0.3, 0.4) is 0 Å². The third-order valence-corrected chi connectivity index (χ3v) is 9.26. The molecular formula is C27H26. The molecular weight excluding hydrogens is 324 g/mol. The van der Waals surface area contributed by atoms with Crippen LogP contribution in [0, 0.1) is 12.3 Å². The lowest BCUT2D eigenvalue weighted by Gasteiger charge is -2.49. The molecule has 3 aliphatic rings. The molecule has 4 atom stereocenters. The molecule has 0 heteroatoms. The van der Waals surface area contributed by atoms with Crippen molar-refractivity contribution in [1.29, 1.82) is 0 Å². The minimum atomic E-state index is 0.00741. The topological polar surface area (TPSA) is 0 Å². The first kappa shape index (κ1) is 15.7. The number of hydrogen-bond donors (Lipinski definition) is 0. The molecule has 3 aromatic rings. The third-order valence-electron chi connectivity index (χ3n) is 9.26. The third kappa shape index (κ3) is 1.21. The van der Waals surface area contributed by atoms with E-state index in [4.69, 9.17) is 0 Å². The predicted octanol–water partition coefficient (Wildman–Crippen LogP) is 6.26. The van der Waals surface area contributed by atoms with E-state index in [-0.39, 0.29) is 21.7 Å². The fourth-order valence-electron chi connectivity index (χ4n) is 7.77. The molecule has 27 heavy (non-hydrogen) atoms. The van der Waals surface area contributed by atoms with Crippen molar-refractivity contribution in [3.05, 3.63) is 106 Å². The summed E-state index contributed by atoms with van der Waals surface area (Å²) < 4.78 is 0.